The fourth-order valence-corrected chi connectivity index (χ4v) is 3.60. The van der Waals surface area contributed by atoms with E-state index in [9.17, 15) is 5.11 Å². The molecule has 2 aromatic heterocycles. The van der Waals surface area contributed by atoms with Crippen LogP contribution in [0.25, 0.3) is 11.2 Å². The molecule has 28 heavy (non-hydrogen) atoms. The second-order valence-corrected chi connectivity index (χ2v) is 8.91. The minimum Gasteiger partial charge on any atom is -0.391 e. The summed E-state index contributed by atoms with van der Waals surface area (Å²) < 4.78 is 0. The third kappa shape index (κ3) is 3.66. The van der Waals surface area contributed by atoms with Crippen LogP contribution in [0.2, 0.25) is 10.0 Å². The predicted molar refractivity (Wildman–Crippen MR) is 110 cm³/mol. The molecule has 1 fully saturated rings. The van der Waals surface area contributed by atoms with Crippen molar-refractivity contribution in [2.24, 2.45) is 0 Å². The SMILES string of the molecule is CC(C)(C)c1nc(N2CC[C@H](O)C2)c2nn(Cc3cccc(Cl)c3Cl)nc2n1. The molecule has 3 aromatic rings. The third-order valence-corrected chi connectivity index (χ3v) is 5.61. The zero-order valence-electron chi connectivity index (χ0n) is 16.0. The lowest BCUT2D eigenvalue weighted by Gasteiger charge is -2.21. The van der Waals surface area contributed by atoms with Gasteiger partial charge in [-0.25, -0.2) is 9.97 Å². The Kier molecular flexibility index (Phi) is 4.93. The molecule has 0 unspecified atom stereocenters. The van der Waals surface area contributed by atoms with Gasteiger partial charge in [0.15, 0.2) is 11.3 Å². The van der Waals surface area contributed by atoms with Crippen LogP contribution in [0.1, 0.15) is 38.6 Å². The number of fused-ring (bicyclic) bond motifs is 1. The Morgan fingerprint density at radius 1 is 1.18 bits per heavy atom. The molecule has 148 valence electrons. The average molecular weight is 421 g/mol. The van der Waals surface area contributed by atoms with Gasteiger partial charge in [0.05, 0.1) is 22.7 Å². The molecule has 0 amide bonds. The lowest BCUT2D eigenvalue weighted by atomic mass is 9.96. The fraction of sp³-hybridized carbons (Fsp3) is 0.474. The molecule has 9 heteroatoms. The summed E-state index contributed by atoms with van der Waals surface area (Å²) in [5.74, 6) is 1.42. The van der Waals surface area contributed by atoms with Gasteiger partial charge in [-0.2, -0.15) is 4.80 Å². The number of hydrogen-bond donors (Lipinski definition) is 1. The maximum atomic E-state index is 9.97. The van der Waals surface area contributed by atoms with E-state index < -0.39 is 0 Å². The molecule has 1 aromatic carbocycles. The first-order chi connectivity index (χ1) is 13.2. The number of nitrogens with zero attached hydrogens (tertiary/aromatic N) is 6. The predicted octanol–water partition coefficient (Wildman–Crippen LogP) is 3.44. The Hall–Kier alpha value is -1.96. The second kappa shape index (κ2) is 7.13. The van der Waals surface area contributed by atoms with Crippen molar-refractivity contribution in [2.75, 3.05) is 18.0 Å². The maximum absolute atomic E-state index is 9.97. The Balaban J connectivity index is 1.80. The van der Waals surface area contributed by atoms with Gasteiger partial charge in [-0.05, 0) is 18.1 Å². The van der Waals surface area contributed by atoms with E-state index in [4.69, 9.17) is 28.2 Å². The van der Waals surface area contributed by atoms with Crippen LogP contribution in [0.4, 0.5) is 5.82 Å². The highest BCUT2D eigenvalue weighted by Gasteiger charge is 2.28. The molecule has 7 nitrogen and oxygen atoms in total. The van der Waals surface area contributed by atoms with Crippen LogP contribution in [0, 0.1) is 0 Å². The lowest BCUT2D eigenvalue weighted by Crippen LogP contribution is -2.25. The van der Waals surface area contributed by atoms with Crippen LogP contribution >= 0.6 is 23.2 Å². The number of benzene rings is 1. The number of anilines is 1. The zero-order valence-corrected chi connectivity index (χ0v) is 17.5. The zero-order chi connectivity index (χ0) is 20.1. The summed E-state index contributed by atoms with van der Waals surface area (Å²) in [4.78, 5) is 13.0. The fourth-order valence-electron chi connectivity index (χ4n) is 3.22. The number of β-amino-alcohol motifs (C(OH)–C–C–N with tert-alkyl or cyclic N) is 1. The van der Waals surface area contributed by atoms with Crippen molar-refractivity contribution in [3.8, 4) is 0 Å². The van der Waals surface area contributed by atoms with Crippen molar-refractivity contribution in [2.45, 2.75) is 45.3 Å². The minimum absolute atomic E-state index is 0.235. The van der Waals surface area contributed by atoms with Crippen LogP contribution in [-0.2, 0) is 12.0 Å². The largest absolute Gasteiger partial charge is 0.391 e. The number of halogens is 2. The van der Waals surface area contributed by atoms with Crippen molar-refractivity contribution in [1.29, 1.82) is 0 Å². The van der Waals surface area contributed by atoms with Gasteiger partial charge < -0.3 is 10.0 Å². The molecule has 3 heterocycles. The highest BCUT2D eigenvalue weighted by atomic mass is 35.5. The summed E-state index contributed by atoms with van der Waals surface area (Å²) in [7, 11) is 0. The molecule has 1 N–H and O–H groups in total. The van der Waals surface area contributed by atoms with Gasteiger partial charge in [-0.1, -0.05) is 56.1 Å². The van der Waals surface area contributed by atoms with Crippen LogP contribution in [0.5, 0.6) is 0 Å². The number of rotatable bonds is 3. The summed E-state index contributed by atoms with van der Waals surface area (Å²) in [6.45, 7) is 7.82. The second-order valence-electron chi connectivity index (χ2n) is 8.12. The van der Waals surface area contributed by atoms with Crippen LogP contribution in [0.15, 0.2) is 18.2 Å². The Morgan fingerprint density at radius 2 is 1.96 bits per heavy atom. The van der Waals surface area contributed by atoms with E-state index in [1.54, 1.807) is 10.9 Å². The topological polar surface area (TPSA) is 80.0 Å². The molecule has 0 saturated carbocycles. The molecular weight excluding hydrogens is 399 g/mol. The van der Waals surface area contributed by atoms with Gasteiger partial charge in [0.1, 0.15) is 5.82 Å². The quantitative estimate of drug-likeness (QED) is 0.698. The van der Waals surface area contributed by atoms with Crippen LogP contribution in [0.3, 0.4) is 0 Å². The van der Waals surface area contributed by atoms with Gasteiger partial charge in [0.25, 0.3) is 0 Å². The molecule has 0 bridgehead atoms. The molecule has 1 atom stereocenters. The summed E-state index contributed by atoms with van der Waals surface area (Å²) >= 11 is 12.4. The van der Waals surface area contributed by atoms with E-state index in [1.807, 2.05) is 12.1 Å². The van der Waals surface area contributed by atoms with E-state index >= 15 is 0 Å². The lowest BCUT2D eigenvalue weighted by molar-refractivity contribution is 0.198. The van der Waals surface area contributed by atoms with E-state index in [1.165, 1.54) is 0 Å². The van der Waals surface area contributed by atoms with Crippen LogP contribution in [-0.4, -0.2) is 49.3 Å². The van der Waals surface area contributed by atoms with Gasteiger partial charge in [0, 0.05) is 18.5 Å². The molecule has 1 aliphatic rings. The summed E-state index contributed by atoms with van der Waals surface area (Å²) in [6, 6.07) is 5.49. The summed E-state index contributed by atoms with van der Waals surface area (Å²) in [5, 5.41) is 20.2. The summed E-state index contributed by atoms with van der Waals surface area (Å²) in [5.41, 5.74) is 1.76. The number of hydrogen-bond acceptors (Lipinski definition) is 6. The highest BCUT2D eigenvalue weighted by molar-refractivity contribution is 6.42. The monoisotopic (exact) mass is 420 g/mol. The van der Waals surface area contributed by atoms with Crippen LogP contribution < -0.4 is 4.90 Å². The third-order valence-electron chi connectivity index (χ3n) is 4.75. The van der Waals surface area contributed by atoms with E-state index in [0.717, 1.165) is 17.9 Å². The molecule has 1 saturated heterocycles. The van der Waals surface area contributed by atoms with Gasteiger partial charge in [-0.15, -0.1) is 10.2 Å². The van der Waals surface area contributed by atoms with Crippen molar-refractivity contribution < 1.29 is 5.11 Å². The highest BCUT2D eigenvalue weighted by Crippen LogP contribution is 2.30. The smallest absolute Gasteiger partial charge is 0.207 e. The molecule has 0 radical (unpaired) electrons. The molecular formula is C19H22Cl2N6O. The van der Waals surface area contributed by atoms with Crippen molar-refractivity contribution >= 4 is 40.2 Å². The van der Waals surface area contributed by atoms with E-state index in [2.05, 4.69) is 40.9 Å². The first-order valence-corrected chi connectivity index (χ1v) is 9.97. The first kappa shape index (κ1) is 19.4. The van der Waals surface area contributed by atoms with Crippen molar-refractivity contribution in [3.05, 3.63) is 39.6 Å². The Labute approximate surface area is 173 Å². The van der Waals surface area contributed by atoms with Gasteiger partial charge in [0.2, 0.25) is 5.65 Å². The van der Waals surface area contributed by atoms with E-state index in [0.29, 0.717) is 46.5 Å². The van der Waals surface area contributed by atoms with Crippen molar-refractivity contribution in [3.63, 3.8) is 0 Å². The normalized spacial score (nSPS) is 17.6. The number of aliphatic hydroxyl groups is 1. The molecule has 0 spiro atoms. The molecule has 1 aliphatic heterocycles. The standard InChI is InChI=1S/C19H22Cl2N6O/c1-19(2,3)18-22-16-15(17(23-18)26-8-7-12(28)10-26)24-27(25-16)9-11-5-4-6-13(20)14(11)21/h4-6,12,28H,7-10H2,1-3H3/t12-/m0/s1. The minimum atomic E-state index is -0.358. The summed E-state index contributed by atoms with van der Waals surface area (Å²) in [6.07, 6.45) is 0.353. The maximum Gasteiger partial charge on any atom is 0.207 e. The molecule has 0 aliphatic carbocycles. The van der Waals surface area contributed by atoms with Crippen molar-refractivity contribution in [1.82, 2.24) is 25.0 Å². The first-order valence-electron chi connectivity index (χ1n) is 9.21. The van der Waals surface area contributed by atoms with Gasteiger partial charge >= 0.3 is 0 Å². The number of aliphatic hydroxyl groups excluding tert-OH is 1. The average Bonchev–Trinajstić information content (AvgIpc) is 3.23. The molecule has 4 rings (SSSR count). The Morgan fingerprint density at radius 3 is 2.64 bits per heavy atom. The number of aromatic nitrogens is 5. The Bertz CT molecular complexity index is 1030. The van der Waals surface area contributed by atoms with Gasteiger partial charge in [-0.3, -0.25) is 0 Å². The van der Waals surface area contributed by atoms with E-state index in [-0.39, 0.29) is 11.5 Å².